The van der Waals surface area contributed by atoms with Crippen molar-refractivity contribution in [3.8, 4) is 0 Å². The Hall–Kier alpha value is -1.17. The van der Waals surface area contributed by atoms with Gasteiger partial charge < -0.3 is 5.32 Å². The lowest BCUT2D eigenvalue weighted by Gasteiger charge is -2.34. The standard InChI is InChI=1S/C15H26N4OS/c1-4-6-13-17-18-15(21)19(13)9-14(20)16-12-8-5-7-10(2)11(12)3/h10-12H,4-9H2,1-3H3,(H,16,20)(H,18,21)/t10-,11+,12+/m0/s1. The third kappa shape index (κ3) is 3.93. The monoisotopic (exact) mass is 310 g/mol. The number of nitrogens with one attached hydrogen (secondary N) is 2. The van der Waals surface area contributed by atoms with Gasteiger partial charge >= 0.3 is 0 Å². The predicted octanol–water partition coefficient (Wildman–Crippen LogP) is 2.83. The van der Waals surface area contributed by atoms with Crippen molar-refractivity contribution < 1.29 is 4.79 Å². The second kappa shape index (κ2) is 7.20. The number of aromatic nitrogens is 3. The van der Waals surface area contributed by atoms with E-state index in [0.29, 0.717) is 16.6 Å². The molecule has 1 fully saturated rings. The number of hydrogen-bond donors (Lipinski definition) is 2. The number of carbonyl (C=O) groups is 1. The molecule has 0 aliphatic heterocycles. The molecule has 0 saturated heterocycles. The zero-order valence-electron chi connectivity index (χ0n) is 13.2. The molecule has 0 radical (unpaired) electrons. The van der Waals surface area contributed by atoms with Crippen LogP contribution in [0.25, 0.3) is 0 Å². The van der Waals surface area contributed by atoms with Crippen LogP contribution in [-0.2, 0) is 17.8 Å². The molecular weight excluding hydrogens is 284 g/mol. The highest BCUT2D eigenvalue weighted by Gasteiger charge is 2.28. The lowest BCUT2D eigenvalue weighted by atomic mass is 9.78. The van der Waals surface area contributed by atoms with E-state index < -0.39 is 0 Å². The van der Waals surface area contributed by atoms with E-state index in [1.807, 2.05) is 4.57 Å². The number of carbonyl (C=O) groups excluding carboxylic acids is 1. The van der Waals surface area contributed by atoms with E-state index >= 15 is 0 Å². The molecular formula is C15H26N4OS. The van der Waals surface area contributed by atoms with E-state index in [0.717, 1.165) is 25.1 Å². The summed E-state index contributed by atoms with van der Waals surface area (Å²) in [5.41, 5.74) is 0. The normalized spacial score (nSPS) is 25.8. The maximum Gasteiger partial charge on any atom is 0.240 e. The summed E-state index contributed by atoms with van der Waals surface area (Å²) in [6, 6.07) is 0.289. The molecule has 0 unspecified atom stereocenters. The molecule has 0 bridgehead atoms. The zero-order valence-corrected chi connectivity index (χ0v) is 14.0. The van der Waals surface area contributed by atoms with Crippen molar-refractivity contribution in [1.82, 2.24) is 20.1 Å². The first-order chi connectivity index (χ1) is 10.0. The Morgan fingerprint density at radius 1 is 1.48 bits per heavy atom. The molecule has 1 aliphatic rings. The third-order valence-electron chi connectivity index (χ3n) is 4.67. The number of aryl methyl sites for hydroxylation is 1. The summed E-state index contributed by atoms with van der Waals surface area (Å²) in [5.74, 6) is 2.12. The second-order valence-corrected chi connectivity index (χ2v) is 6.61. The van der Waals surface area contributed by atoms with E-state index in [-0.39, 0.29) is 18.5 Å². The Morgan fingerprint density at radius 3 is 2.95 bits per heavy atom. The van der Waals surface area contributed by atoms with Crippen LogP contribution in [0.2, 0.25) is 0 Å². The Balaban J connectivity index is 1.98. The zero-order chi connectivity index (χ0) is 15.4. The first-order valence-electron chi connectivity index (χ1n) is 7.96. The third-order valence-corrected chi connectivity index (χ3v) is 4.98. The molecule has 2 N–H and O–H groups in total. The van der Waals surface area contributed by atoms with E-state index in [9.17, 15) is 4.79 Å². The van der Waals surface area contributed by atoms with Gasteiger partial charge in [-0.1, -0.05) is 33.6 Å². The van der Waals surface area contributed by atoms with Crippen molar-refractivity contribution in [2.45, 2.75) is 65.5 Å². The van der Waals surface area contributed by atoms with Crippen LogP contribution >= 0.6 is 12.2 Å². The van der Waals surface area contributed by atoms with Gasteiger partial charge in [-0.3, -0.25) is 14.5 Å². The van der Waals surface area contributed by atoms with Gasteiger partial charge in [0.15, 0.2) is 4.77 Å². The minimum atomic E-state index is 0.0378. The van der Waals surface area contributed by atoms with Gasteiger partial charge in [0.1, 0.15) is 12.4 Å². The SMILES string of the molecule is CCCc1n[nH]c(=S)n1CC(=O)N[C@@H]1CCC[C@H](C)[C@H]1C. The van der Waals surface area contributed by atoms with Crippen LogP contribution in [0.1, 0.15) is 52.3 Å². The fraction of sp³-hybridized carbons (Fsp3) is 0.800. The molecule has 3 atom stereocenters. The quantitative estimate of drug-likeness (QED) is 0.822. The molecule has 21 heavy (non-hydrogen) atoms. The molecule has 1 aliphatic carbocycles. The van der Waals surface area contributed by atoms with E-state index in [1.54, 1.807) is 0 Å². The summed E-state index contributed by atoms with van der Waals surface area (Å²) in [5, 5.41) is 10.2. The highest BCUT2D eigenvalue weighted by molar-refractivity contribution is 7.71. The Morgan fingerprint density at radius 2 is 2.24 bits per heavy atom. The Kier molecular flexibility index (Phi) is 5.56. The van der Waals surface area contributed by atoms with Crippen LogP contribution in [0.5, 0.6) is 0 Å². The highest BCUT2D eigenvalue weighted by Crippen LogP contribution is 2.29. The van der Waals surface area contributed by atoms with Gasteiger partial charge in [0.05, 0.1) is 0 Å². The number of nitrogens with zero attached hydrogens (tertiary/aromatic N) is 2. The van der Waals surface area contributed by atoms with E-state index in [2.05, 4.69) is 36.3 Å². The van der Waals surface area contributed by atoms with E-state index in [4.69, 9.17) is 12.2 Å². The van der Waals surface area contributed by atoms with Gasteiger partial charge in [0.2, 0.25) is 5.91 Å². The highest BCUT2D eigenvalue weighted by atomic mass is 32.1. The lowest BCUT2D eigenvalue weighted by Crippen LogP contribution is -2.44. The van der Waals surface area contributed by atoms with Crippen molar-refractivity contribution in [2.24, 2.45) is 11.8 Å². The minimum absolute atomic E-state index is 0.0378. The molecule has 2 rings (SSSR count). The van der Waals surface area contributed by atoms with Gasteiger partial charge in [0, 0.05) is 12.5 Å². The van der Waals surface area contributed by atoms with Crippen LogP contribution in [0, 0.1) is 16.6 Å². The molecule has 1 saturated carbocycles. The summed E-state index contributed by atoms with van der Waals surface area (Å²) in [6.07, 6.45) is 5.36. The van der Waals surface area contributed by atoms with Crippen molar-refractivity contribution in [3.63, 3.8) is 0 Å². The number of hydrogen-bond acceptors (Lipinski definition) is 3. The lowest BCUT2D eigenvalue weighted by molar-refractivity contribution is -0.123. The Labute approximate surface area is 131 Å². The van der Waals surface area contributed by atoms with Crippen LogP contribution in [-0.4, -0.2) is 26.7 Å². The van der Waals surface area contributed by atoms with Crippen molar-refractivity contribution in [2.75, 3.05) is 0 Å². The predicted molar refractivity (Wildman–Crippen MR) is 85.5 cm³/mol. The summed E-state index contributed by atoms with van der Waals surface area (Å²) in [4.78, 5) is 12.3. The second-order valence-electron chi connectivity index (χ2n) is 6.22. The summed E-state index contributed by atoms with van der Waals surface area (Å²) in [6.45, 7) is 6.87. The van der Waals surface area contributed by atoms with Gasteiger partial charge in [-0.2, -0.15) is 5.10 Å². The molecule has 6 heteroatoms. The van der Waals surface area contributed by atoms with Crippen LogP contribution in [0.3, 0.4) is 0 Å². The first-order valence-corrected chi connectivity index (χ1v) is 8.37. The minimum Gasteiger partial charge on any atom is -0.352 e. The molecule has 1 heterocycles. The van der Waals surface area contributed by atoms with Crippen molar-refractivity contribution in [3.05, 3.63) is 10.6 Å². The van der Waals surface area contributed by atoms with Crippen LogP contribution in [0.4, 0.5) is 0 Å². The smallest absolute Gasteiger partial charge is 0.240 e. The van der Waals surface area contributed by atoms with Gasteiger partial charge in [-0.25, -0.2) is 0 Å². The molecule has 0 spiro atoms. The molecule has 1 aromatic rings. The van der Waals surface area contributed by atoms with Gasteiger partial charge in [-0.05, 0) is 36.9 Å². The summed E-state index contributed by atoms with van der Waals surface area (Å²) >= 11 is 5.22. The van der Waals surface area contributed by atoms with Gasteiger partial charge in [-0.15, -0.1) is 0 Å². The van der Waals surface area contributed by atoms with Gasteiger partial charge in [0.25, 0.3) is 0 Å². The molecule has 0 aromatic carbocycles. The van der Waals surface area contributed by atoms with Crippen LogP contribution < -0.4 is 5.32 Å². The van der Waals surface area contributed by atoms with E-state index in [1.165, 1.54) is 12.8 Å². The molecule has 1 aromatic heterocycles. The number of amides is 1. The van der Waals surface area contributed by atoms with Crippen molar-refractivity contribution in [1.29, 1.82) is 0 Å². The first kappa shape index (κ1) is 16.2. The largest absolute Gasteiger partial charge is 0.352 e. The number of H-pyrrole nitrogens is 1. The van der Waals surface area contributed by atoms with Crippen molar-refractivity contribution >= 4 is 18.1 Å². The molecule has 5 nitrogen and oxygen atoms in total. The molecule has 118 valence electrons. The number of aromatic amines is 1. The fourth-order valence-corrected chi connectivity index (χ4v) is 3.33. The topological polar surface area (TPSA) is 62.7 Å². The summed E-state index contributed by atoms with van der Waals surface area (Å²) in [7, 11) is 0. The molecule has 1 amide bonds. The average molecular weight is 310 g/mol. The number of rotatable bonds is 5. The maximum atomic E-state index is 12.3. The Bertz CT molecular complexity index is 536. The van der Waals surface area contributed by atoms with Crippen LogP contribution in [0.15, 0.2) is 0 Å². The average Bonchev–Trinajstić information content (AvgIpc) is 2.77. The maximum absolute atomic E-state index is 12.3. The summed E-state index contributed by atoms with van der Waals surface area (Å²) < 4.78 is 2.34. The fourth-order valence-electron chi connectivity index (χ4n) is 3.11.